The second-order valence-corrected chi connectivity index (χ2v) is 9.14. The highest BCUT2D eigenvalue weighted by atomic mass is 35.5. The SMILES string of the molecule is Cc1nc(C(F)(F)F)ccc1C(=O)N1CCCCCOc2ccccc2Oc2ccc(Cl)cc2NC(=O)C1. The molecule has 0 unspecified atom stereocenters. The Hall–Kier alpha value is -3.79. The highest BCUT2D eigenvalue weighted by Crippen LogP contribution is 2.37. The Morgan fingerprint density at radius 1 is 1.03 bits per heavy atom. The number of aryl methyl sites for hydroxylation is 1. The average molecular weight is 548 g/mol. The molecule has 0 atom stereocenters. The molecule has 1 N–H and O–H groups in total. The Labute approximate surface area is 222 Å². The van der Waals surface area contributed by atoms with E-state index in [0.717, 1.165) is 12.1 Å². The maximum absolute atomic E-state index is 13.3. The second kappa shape index (κ2) is 11.7. The molecule has 2 heterocycles. The van der Waals surface area contributed by atoms with Gasteiger partial charge in [-0.15, -0.1) is 0 Å². The van der Waals surface area contributed by atoms with E-state index in [2.05, 4.69) is 10.3 Å². The number of hydrogen-bond acceptors (Lipinski definition) is 5. The number of benzene rings is 2. The van der Waals surface area contributed by atoms with Crippen LogP contribution >= 0.6 is 11.6 Å². The van der Waals surface area contributed by atoms with Gasteiger partial charge in [-0.2, -0.15) is 13.2 Å². The molecule has 0 fully saturated rings. The summed E-state index contributed by atoms with van der Waals surface area (Å²) >= 11 is 6.16. The van der Waals surface area contributed by atoms with Crippen molar-refractivity contribution in [3.05, 3.63) is 76.6 Å². The molecule has 2 aromatic carbocycles. The quantitative estimate of drug-likeness (QED) is 0.376. The molecule has 3 aromatic rings. The van der Waals surface area contributed by atoms with Crippen molar-refractivity contribution in [3.63, 3.8) is 0 Å². The molecule has 1 aliphatic heterocycles. The highest BCUT2D eigenvalue weighted by molar-refractivity contribution is 6.31. The minimum absolute atomic E-state index is 0.00530. The summed E-state index contributed by atoms with van der Waals surface area (Å²) in [7, 11) is 0. The topological polar surface area (TPSA) is 80.8 Å². The van der Waals surface area contributed by atoms with Gasteiger partial charge < -0.3 is 19.7 Å². The predicted molar refractivity (Wildman–Crippen MR) is 136 cm³/mol. The molecule has 0 saturated carbocycles. The maximum Gasteiger partial charge on any atom is 0.433 e. The number of carbonyl (C=O) groups excluding carboxylic acids is 2. The largest absolute Gasteiger partial charge is 0.490 e. The van der Waals surface area contributed by atoms with Crippen LogP contribution in [0.1, 0.15) is 41.0 Å². The summed E-state index contributed by atoms with van der Waals surface area (Å²) in [5.74, 6) is 0.199. The van der Waals surface area contributed by atoms with Crippen LogP contribution < -0.4 is 14.8 Å². The van der Waals surface area contributed by atoms with Gasteiger partial charge in [-0.25, -0.2) is 4.98 Å². The molecule has 0 bridgehead atoms. The van der Waals surface area contributed by atoms with E-state index >= 15 is 0 Å². The van der Waals surface area contributed by atoms with E-state index in [0.29, 0.717) is 48.1 Å². The fourth-order valence-electron chi connectivity index (χ4n) is 3.96. The zero-order chi connectivity index (χ0) is 27.3. The van der Waals surface area contributed by atoms with E-state index in [1.165, 1.54) is 17.9 Å². The third-order valence-corrected chi connectivity index (χ3v) is 6.08. The summed E-state index contributed by atoms with van der Waals surface area (Å²) in [6.45, 7) is 1.61. The van der Waals surface area contributed by atoms with E-state index in [9.17, 15) is 22.8 Å². The molecule has 0 aliphatic carbocycles. The number of aromatic nitrogens is 1. The number of hydrogen-bond donors (Lipinski definition) is 1. The molecule has 38 heavy (non-hydrogen) atoms. The lowest BCUT2D eigenvalue weighted by molar-refractivity contribution is -0.141. The first kappa shape index (κ1) is 27.3. The van der Waals surface area contributed by atoms with Gasteiger partial charge in [-0.3, -0.25) is 9.59 Å². The van der Waals surface area contributed by atoms with Crippen molar-refractivity contribution in [2.75, 3.05) is 25.0 Å². The van der Waals surface area contributed by atoms with Gasteiger partial charge in [0, 0.05) is 11.6 Å². The zero-order valence-corrected chi connectivity index (χ0v) is 21.2. The summed E-state index contributed by atoms with van der Waals surface area (Å²) in [4.78, 5) is 31.2. The first-order valence-electron chi connectivity index (χ1n) is 11.9. The van der Waals surface area contributed by atoms with Crippen molar-refractivity contribution in [3.8, 4) is 17.2 Å². The van der Waals surface area contributed by atoms with Crippen LogP contribution in [-0.2, 0) is 11.0 Å². The van der Waals surface area contributed by atoms with Crippen molar-refractivity contribution in [2.45, 2.75) is 32.4 Å². The lowest BCUT2D eigenvalue weighted by Crippen LogP contribution is -2.39. The van der Waals surface area contributed by atoms with Crippen molar-refractivity contribution in [2.24, 2.45) is 0 Å². The third kappa shape index (κ3) is 6.74. The van der Waals surface area contributed by atoms with Gasteiger partial charge in [0.2, 0.25) is 5.91 Å². The summed E-state index contributed by atoms with van der Waals surface area (Å²) in [6, 6.07) is 13.7. The minimum atomic E-state index is -4.63. The van der Waals surface area contributed by atoms with Crippen molar-refractivity contribution in [1.29, 1.82) is 0 Å². The molecular formula is C27H25ClF3N3O4. The Morgan fingerprint density at radius 2 is 1.79 bits per heavy atom. The van der Waals surface area contributed by atoms with E-state index in [4.69, 9.17) is 21.1 Å². The normalized spacial score (nSPS) is 15.1. The first-order chi connectivity index (χ1) is 18.1. The lowest BCUT2D eigenvalue weighted by atomic mass is 10.1. The lowest BCUT2D eigenvalue weighted by Gasteiger charge is -2.23. The number of alkyl halides is 3. The number of halogens is 4. The monoisotopic (exact) mass is 547 g/mol. The molecule has 2 amide bonds. The van der Waals surface area contributed by atoms with Gasteiger partial charge in [-0.1, -0.05) is 23.7 Å². The number of nitrogens with zero attached hydrogens (tertiary/aromatic N) is 2. The number of fused-ring (bicyclic) bond motifs is 2. The number of nitrogens with one attached hydrogen (secondary N) is 1. The maximum atomic E-state index is 13.3. The van der Waals surface area contributed by atoms with Gasteiger partial charge in [0.25, 0.3) is 5.91 Å². The smallest absolute Gasteiger partial charge is 0.433 e. The summed E-state index contributed by atoms with van der Waals surface area (Å²) in [5.41, 5.74) is -0.880. The van der Waals surface area contributed by atoms with Crippen LogP contribution in [0.4, 0.5) is 18.9 Å². The van der Waals surface area contributed by atoms with Gasteiger partial charge in [-0.05, 0) is 68.7 Å². The van der Waals surface area contributed by atoms with Crippen molar-refractivity contribution >= 4 is 29.1 Å². The number of para-hydroxylation sites is 2. The molecule has 0 radical (unpaired) electrons. The fourth-order valence-corrected chi connectivity index (χ4v) is 4.13. The van der Waals surface area contributed by atoms with Crippen LogP contribution in [0, 0.1) is 6.92 Å². The van der Waals surface area contributed by atoms with Gasteiger partial charge in [0.1, 0.15) is 12.2 Å². The summed E-state index contributed by atoms with van der Waals surface area (Å²) < 4.78 is 51.1. The third-order valence-electron chi connectivity index (χ3n) is 5.84. The Kier molecular flexibility index (Phi) is 8.41. The standard InChI is InChI=1S/C27H25ClF3N3O4/c1-17-19(10-12-24(32-17)27(29,30)31)26(36)34-13-5-2-6-14-37-22-7-3-4-8-23(22)38-21-11-9-18(28)15-20(21)33-25(35)16-34/h3-4,7-12,15H,2,5-6,13-14,16H2,1H3,(H,33,35). The van der Waals surface area contributed by atoms with Crippen LogP contribution in [0.2, 0.25) is 5.02 Å². The molecule has 7 nitrogen and oxygen atoms in total. The molecule has 11 heteroatoms. The molecular weight excluding hydrogens is 523 g/mol. The predicted octanol–water partition coefficient (Wildman–Crippen LogP) is 6.50. The number of rotatable bonds is 1. The van der Waals surface area contributed by atoms with Crippen LogP contribution in [0.15, 0.2) is 54.6 Å². The van der Waals surface area contributed by atoms with Crippen LogP contribution in [-0.4, -0.2) is 41.4 Å². The fraction of sp³-hybridized carbons (Fsp3) is 0.296. The van der Waals surface area contributed by atoms with E-state index < -0.39 is 23.7 Å². The number of carbonyl (C=O) groups is 2. The van der Waals surface area contributed by atoms with Crippen LogP contribution in [0.25, 0.3) is 0 Å². The molecule has 1 aliphatic rings. The zero-order valence-electron chi connectivity index (χ0n) is 20.5. The number of pyridine rings is 1. The average Bonchev–Trinajstić information content (AvgIpc) is 2.86. The van der Waals surface area contributed by atoms with Crippen molar-refractivity contribution < 1.29 is 32.2 Å². The second-order valence-electron chi connectivity index (χ2n) is 8.70. The number of amides is 2. The van der Waals surface area contributed by atoms with Gasteiger partial charge >= 0.3 is 6.18 Å². The Bertz CT molecular complexity index is 1330. The van der Waals surface area contributed by atoms with E-state index in [-0.39, 0.29) is 30.0 Å². The summed E-state index contributed by atoms with van der Waals surface area (Å²) in [6.07, 6.45) is -2.71. The Morgan fingerprint density at radius 3 is 2.53 bits per heavy atom. The summed E-state index contributed by atoms with van der Waals surface area (Å²) in [5, 5.41) is 3.09. The van der Waals surface area contributed by atoms with Gasteiger partial charge in [0.15, 0.2) is 17.2 Å². The van der Waals surface area contributed by atoms with Crippen LogP contribution in [0.5, 0.6) is 17.2 Å². The van der Waals surface area contributed by atoms with Gasteiger partial charge in [0.05, 0.1) is 23.6 Å². The molecule has 0 saturated heterocycles. The van der Waals surface area contributed by atoms with E-state index in [1.807, 2.05) is 6.07 Å². The van der Waals surface area contributed by atoms with Crippen molar-refractivity contribution in [1.82, 2.24) is 9.88 Å². The van der Waals surface area contributed by atoms with E-state index in [1.54, 1.807) is 30.3 Å². The molecule has 1 aromatic heterocycles. The minimum Gasteiger partial charge on any atom is -0.490 e. The number of ether oxygens (including phenoxy) is 2. The number of anilines is 1. The Balaban J connectivity index is 1.61. The molecule has 0 spiro atoms. The van der Waals surface area contributed by atoms with Crippen LogP contribution in [0.3, 0.4) is 0 Å². The first-order valence-corrected chi connectivity index (χ1v) is 12.3. The molecule has 200 valence electrons. The highest BCUT2D eigenvalue weighted by Gasteiger charge is 2.33. The molecule has 4 rings (SSSR count).